The standard InChI is InChI=1S/C35H58N6O14S/c1-50-14-16-54-20-18-52-12-4-9-37-27(42)8-11-40-30(45)22-25(34(40)48)6-3-7-28(43)39-33(32(36)47)56-26-23-31(46)41(35(26)49)24-29(44)38-10-5-13-53-19-21-55-17-15-51-2/h25-26,33H,3-24H2,1-2H3,(H2,36,47)(H,37,42)(H,38,44)(H,39,43)/t25?,26?,33-/m0/s1. The van der Waals surface area contributed by atoms with Gasteiger partial charge in [0.25, 0.3) is 5.91 Å². The third-order valence-electron chi connectivity index (χ3n) is 8.39. The molecule has 0 bridgehead atoms. The van der Waals surface area contributed by atoms with Crippen LogP contribution in [-0.2, 0) is 66.8 Å². The number of ether oxygens (including phenoxy) is 6. The minimum atomic E-state index is -1.34. The molecule has 2 aliphatic heterocycles. The van der Waals surface area contributed by atoms with Crippen molar-refractivity contribution < 1.29 is 66.8 Å². The van der Waals surface area contributed by atoms with E-state index in [1.54, 1.807) is 14.2 Å². The highest BCUT2D eigenvalue weighted by atomic mass is 32.2. The molecule has 0 spiro atoms. The van der Waals surface area contributed by atoms with Crippen LogP contribution in [0.3, 0.4) is 0 Å². The summed E-state index contributed by atoms with van der Waals surface area (Å²) in [5.74, 6) is -5.10. The van der Waals surface area contributed by atoms with E-state index in [9.17, 15) is 38.4 Å². The molecule has 2 heterocycles. The molecule has 0 aliphatic carbocycles. The minimum Gasteiger partial charge on any atom is -0.382 e. The van der Waals surface area contributed by atoms with E-state index in [4.69, 9.17) is 34.2 Å². The quantitative estimate of drug-likeness (QED) is 0.0320. The van der Waals surface area contributed by atoms with Crippen LogP contribution in [0, 0.1) is 5.92 Å². The molecule has 56 heavy (non-hydrogen) atoms. The lowest BCUT2D eigenvalue weighted by molar-refractivity contribution is -0.142. The van der Waals surface area contributed by atoms with E-state index < -0.39 is 64.4 Å². The van der Waals surface area contributed by atoms with Crippen molar-refractivity contribution >= 4 is 59.0 Å². The number of amides is 8. The van der Waals surface area contributed by atoms with Gasteiger partial charge in [0.2, 0.25) is 41.4 Å². The summed E-state index contributed by atoms with van der Waals surface area (Å²) < 4.78 is 31.2. The second-order valence-electron chi connectivity index (χ2n) is 12.8. The van der Waals surface area contributed by atoms with Crippen molar-refractivity contribution in [1.82, 2.24) is 25.8 Å². The maximum atomic E-state index is 13.0. The molecular formula is C35H58N6O14S. The Balaban J connectivity index is 1.64. The number of thioether (sulfide) groups is 1. The van der Waals surface area contributed by atoms with E-state index in [0.29, 0.717) is 97.2 Å². The number of likely N-dealkylation sites (tertiary alicyclic amines) is 2. The van der Waals surface area contributed by atoms with E-state index >= 15 is 0 Å². The Bertz CT molecular complexity index is 1290. The molecule has 2 aliphatic rings. The molecule has 21 heteroatoms. The van der Waals surface area contributed by atoms with E-state index in [0.717, 1.165) is 9.80 Å². The second kappa shape index (κ2) is 28.6. The third-order valence-corrected chi connectivity index (χ3v) is 9.71. The Morgan fingerprint density at radius 3 is 1.79 bits per heavy atom. The maximum Gasteiger partial charge on any atom is 0.250 e. The van der Waals surface area contributed by atoms with Crippen LogP contribution in [0.1, 0.15) is 51.4 Å². The highest BCUT2D eigenvalue weighted by molar-refractivity contribution is 8.01. The Morgan fingerprint density at radius 2 is 1.21 bits per heavy atom. The molecule has 8 amide bonds. The van der Waals surface area contributed by atoms with Crippen LogP contribution in [0.4, 0.5) is 0 Å². The predicted molar refractivity (Wildman–Crippen MR) is 199 cm³/mol. The summed E-state index contributed by atoms with van der Waals surface area (Å²) in [6, 6.07) is 0. The first-order chi connectivity index (χ1) is 27.0. The lowest BCUT2D eigenvalue weighted by Crippen LogP contribution is -2.45. The first-order valence-electron chi connectivity index (χ1n) is 18.7. The molecule has 2 rings (SSSR count). The normalized spacial score (nSPS) is 17.5. The highest BCUT2D eigenvalue weighted by Crippen LogP contribution is 2.28. The molecule has 0 aromatic carbocycles. The van der Waals surface area contributed by atoms with Gasteiger partial charge in [-0.05, 0) is 25.7 Å². The topological polar surface area (TPSA) is 261 Å². The Morgan fingerprint density at radius 1 is 0.679 bits per heavy atom. The number of methoxy groups -OCH3 is 2. The molecule has 5 N–H and O–H groups in total. The number of nitrogens with two attached hydrogens (primary N) is 1. The minimum absolute atomic E-state index is 0.0407. The summed E-state index contributed by atoms with van der Waals surface area (Å²) in [6.45, 7) is 4.54. The highest BCUT2D eigenvalue weighted by Gasteiger charge is 2.42. The van der Waals surface area contributed by atoms with Crippen LogP contribution in [0.15, 0.2) is 0 Å². The zero-order valence-electron chi connectivity index (χ0n) is 32.4. The number of nitrogens with one attached hydrogen (secondary N) is 3. The Hall–Kier alpha value is -3.73. The van der Waals surface area contributed by atoms with E-state index in [2.05, 4.69) is 16.0 Å². The lowest BCUT2D eigenvalue weighted by atomic mass is 10.0. The Labute approximate surface area is 331 Å². The van der Waals surface area contributed by atoms with Crippen LogP contribution < -0.4 is 21.7 Å². The number of imide groups is 2. The first kappa shape index (κ1) is 48.4. The third kappa shape index (κ3) is 19.4. The van der Waals surface area contributed by atoms with Crippen molar-refractivity contribution in [3.05, 3.63) is 0 Å². The van der Waals surface area contributed by atoms with Crippen molar-refractivity contribution in [2.45, 2.75) is 62.0 Å². The van der Waals surface area contributed by atoms with Crippen LogP contribution in [-0.4, -0.2) is 174 Å². The van der Waals surface area contributed by atoms with Crippen molar-refractivity contribution in [2.24, 2.45) is 11.7 Å². The van der Waals surface area contributed by atoms with Crippen LogP contribution in [0.25, 0.3) is 0 Å². The lowest BCUT2D eigenvalue weighted by Gasteiger charge is -2.19. The van der Waals surface area contributed by atoms with Gasteiger partial charge in [0.15, 0.2) is 5.37 Å². The van der Waals surface area contributed by atoms with Crippen molar-refractivity contribution in [2.75, 3.05) is 106 Å². The number of hydrogen-bond donors (Lipinski definition) is 4. The summed E-state index contributed by atoms with van der Waals surface area (Å²) in [5, 5.41) is 5.44. The fraction of sp³-hybridized carbons (Fsp3) is 0.771. The van der Waals surface area contributed by atoms with Gasteiger partial charge in [-0.25, -0.2) is 0 Å². The van der Waals surface area contributed by atoms with Gasteiger partial charge in [-0.15, -0.1) is 11.8 Å². The van der Waals surface area contributed by atoms with Crippen LogP contribution >= 0.6 is 11.8 Å². The van der Waals surface area contributed by atoms with Crippen LogP contribution in [0.5, 0.6) is 0 Å². The summed E-state index contributed by atoms with van der Waals surface area (Å²) in [5.41, 5.74) is 5.48. The van der Waals surface area contributed by atoms with Gasteiger partial charge in [0, 0.05) is 78.7 Å². The van der Waals surface area contributed by atoms with Crippen LogP contribution in [0.2, 0.25) is 0 Å². The number of primary amides is 1. The van der Waals surface area contributed by atoms with Gasteiger partial charge in [-0.3, -0.25) is 48.2 Å². The zero-order valence-corrected chi connectivity index (χ0v) is 33.2. The summed E-state index contributed by atoms with van der Waals surface area (Å²) in [6.07, 6.45) is 1.04. The van der Waals surface area contributed by atoms with Crippen molar-refractivity contribution in [3.63, 3.8) is 0 Å². The SMILES string of the molecule is COCCOCCOCCCNC(=O)CCN1C(=O)CC(CCCC(=O)N[C@@H](SC2CC(=O)N(CC(=O)NCCCOCCOCCOC)C2=O)C(N)=O)C1=O. The largest absolute Gasteiger partial charge is 0.382 e. The molecule has 2 saturated heterocycles. The van der Waals surface area contributed by atoms with Gasteiger partial charge < -0.3 is 50.1 Å². The van der Waals surface area contributed by atoms with Gasteiger partial charge in [0.1, 0.15) is 6.54 Å². The van der Waals surface area contributed by atoms with Gasteiger partial charge in [-0.1, -0.05) is 0 Å². The first-order valence-corrected chi connectivity index (χ1v) is 19.7. The van der Waals surface area contributed by atoms with Crippen molar-refractivity contribution in [1.29, 1.82) is 0 Å². The molecular weight excluding hydrogens is 760 g/mol. The van der Waals surface area contributed by atoms with E-state index in [1.165, 1.54) is 0 Å². The van der Waals surface area contributed by atoms with E-state index in [1.807, 2.05) is 0 Å². The number of hydrogen-bond acceptors (Lipinski definition) is 15. The number of nitrogens with zero attached hydrogens (tertiary/aromatic N) is 2. The molecule has 0 saturated carbocycles. The Kier molecular flexibility index (Phi) is 24.8. The molecule has 2 fully saturated rings. The molecule has 0 aromatic heterocycles. The molecule has 20 nitrogen and oxygen atoms in total. The summed E-state index contributed by atoms with van der Waals surface area (Å²) in [7, 11) is 3.17. The average molecular weight is 819 g/mol. The molecule has 0 aromatic rings. The summed E-state index contributed by atoms with van der Waals surface area (Å²) in [4.78, 5) is 102. The predicted octanol–water partition coefficient (Wildman–Crippen LogP) is -1.92. The fourth-order valence-corrected chi connectivity index (χ4v) is 6.58. The van der Waals surface area contributed by atoms with Gasteiger partial charge >= 0.3 is 0 Å². The summed E-state index contributed by atoms with van der Waals surface area (Å²) >= 11 is 0.709. The molecule has 2 unspecified atom stereocenters. The second-order valence-corrected chi connectivity index (χ2v) is 14.1. The number of rotatable bonds is 33. The number of carbonyl (C=O) groups excluding carboxylic acids is 8. The molecule has 318 valence electrons. The zero-order chi connectivity index (χ0) is 41.1. The average Bonchev–Trinajstić information content (AvgIpc) is 3.58. The molecule has 0 radical (unpaired) electrons. The molecule has 3 atom stereocenters. The fourth-order valence-electron chi connectivity index (χ4n) is 5.43. The smallest absolute Gasteiger partial charge is 0.250 e. The van der Waals surface area contributed by atoms with E-state index in [-0.39, 0.29) is 57.5 Å². The maximum absolute atomic E-state index is 13.0. The monoisotopic (exact) mass is 818 g/mol. The number of carbonyl (C=O) groups is 8. The van der Waals surface area contributed by atoms with Gasteiger partial charge in [0.05, 0.1) is 58.1 Å². The van der Waals surface area contributed by atoms with Crippen molar-refractivity contribution in [3.8, 4) is 0 Å². The van der Waals surface area contributed by atoms with Gasteiger partial charge in [-0.2, -0.15) is 0 Å².